The molecule has 19 heavy (non-hydrogen) atoms. The van der Waals surface area contributed by atoms with Crippen LogP contribution in [0.15, 0.2) is 24.3 Å². The summed E-state index contributed by atoms with van der Waals surface area (Å²) in [5.41, 5.74) is 3.22. The Morgan fingerprint density at radius 1 is 1.37 bits per heavy atom. The lowest BCUT2D eigenvalue weighted by atomic mass is 9.87. The van der Waals surface area contributed by atoms with Crippen LogP contribution in [0.5, 0.6) is 0 Å². The van der Waals surface area contributed by atoms with Gasteiger partial charge in [-0.3, -0.25) is 10.1 Å². The van der Waals surface area contributed by atoms with Gasteiger partial charge in [0.1, 0.15) is 0 Å². The van der Waals surface area contributed by atoms with Gasteiger partial charge in [0, 0.05) is 28.4 Å². The molecule has 4 heteroatoms. The van der Waals surface area contributed by atoms with Crippen LogP contribution in [0.3, 0.4) is 0 Å². The second-order valence-electron chi connectivity index (χ2n) is 5.13. The lowest BCUT2D eigenvalue weighted by molar-refractivity contribution is -0.522. The van der Waals surface area contributed by atoms with Crippen LogP contribution in [0.25, 0.3) is 10.9 Å². The Kier molecular flexibility index (Phi) is 3.88. The highest BCUT2D eigenvalue weighted by Crippen LogP contribution is 2.34. The lowest BCUT2D eigenvalue weighted by Gasteiger charge is -2.18. The van der Waals surface area contributed by atoms with E-state index >= 15 is 0 Å². The van der Waals surface area contributed by atoms with Crippen LogP contribution in [-0.2, 0) is 0 Å². The van der Waals surface area contributed by atoms with Crippen LogP contribution in [0.1, 0.15) is 43.9 Å². The summed E-state index contributed by atoms with van der Waals surface area (Å²) in [6.07, 6.45) is 1.78. The molecule has 0 fully saturated rings. The third-order valence-corrected chi connectivity index (χ3v) is 3.83. The fourth-order valence-electron chi connectivity index (χ4n) is 2.86. The summed E-state index contributed by atoms with van der Waals surface area (Å²) in [5, 5.41) is 12.3. The monoisotopic (exact) mass is 260 g/mol. The van der Waals surface area contributed by atoms with Crippen molar-refractivity contribution in [2.75, 3.05) is 0 Å². The zero-order chi connectivity index (χ0) is 14.0. The summed E-state index contributed by atoms with van der Waals surface area (Å²) in [6, 6.07) is 7.47. The van der Waals surface area contributed by atoms with Gasteiger partial charge in [-0.1, -0.05) is 31.5 Å². The van der Waals surface area contributed by atoms with Crippen molar-refractivity contribution in [1.29, 1.82) is 0 Å². The highest BCUT2D eigenvalue weighted by molar-refractivity contribution is 5.85. The predicted molar refractivity (Wildman–Crippen MR) is 77.1 cm³/mol. The maximum atomic E-state index is 11.2. The number of nitrogens with zero attached hydrogens (tertiary/aromatic N) is 1. The molecule has 0 saturated carbocycles. The molecule has 2 unspecified atom stereocenters. The van der Waals surface area contributed by atoms with Gasteiger partial charge >= 0.3 is 0 Å². The molecule has 0 aliphatic rings. The van der Waals surface area contributed by atoms with Gasteiger partial charge in [0.2, 0.25) is 6.04 Å². The molecule has 102 valence electrons. The van der Waals surface area contributed by atoms with E-state index in [-0.39, 0.29) is 10.8 Å². The van der Waals surface area contributed by atoms with Crippen molar-refractivity contribution in [3.8, 4) is 0 Å². The molecule has 0 radical (unpaired) electrons. The number of nitro groups is 1. The van der Waals surface area contributed by atoms with Crippen LogP contribution in [0.4, 0.5) is 0 Å². The smallest absolute Gasteiger partial charge is 0.217 e. The van der Waals surface area contributed by atoms with E-state index in [1.165, 1.54) is 0 Å². The summed E-state index contributed by atoms with van der Waals surface area (Å²) in [4.78, 5) is 14.3. The minimum Gasteiger partial charge on any atom is -0.358 e. The van der Waals surface area contributed by atoms with Crippen molar-refractivity contribution in [3.05, 3.63) is 45.6 Å². The Labute approximate surface area is 113 Å². The number of hydrogen-bond donors (Lipinski definition) is 1. The fourth-order valence-corrected chi connectivity index (χ4v) is 2.86. The van der Waals surface area contributed by atoms with Crippen LogP contribution in [0.2, 0.25) is 0 Å². The molecular weight excluding hydrogens is 240 g/mol. The first-order valence-corrected chi connectivity index (χ1v) is 6.77. The van der Waals surface area contributed by atoms with Crippen molar-refractivity contribution in [1.82, 2.24) is 4.98 Å². The zero-order valence-corrected chi connectivity index (χ0v) is 11.6. The van der Waals surface area contributed by atoms with E-state index in [1.807, 2.05) is 31.2 Å². The van der Waals surface area contributed by atoms with Crippen molar-refractivity contribution in [2.24, 2.45) is 0 Å². The number of fused-ring (bicyclic) bond motifs is 1. The van der Waals surface area contributed by atoms with Gasteiger partial charge in [-0.05, 0) is 25.0 Å². The van der Waals surface area contributed by atoms with Crippen molar-refractivity contribution in [3.63, 3.8) is 0 Å². The van der Waals surface area contributed by atoms with Gasteiger partial charge in [0.15, 0.2) is 0 Å². The van der Waals surface area contributed by atoms with E-state index in [0.29, 0.717) is 0 Å². The molecule has 4 nitrogen and oxygen atoms in total. The van der Waals surface area contributed by atoms with Crippen LogP contribution >= 0.6 is 0 Å². The molecule has 1 heterocycles. The van der Waals surface area contributed by atoms with Crippen LogP contribution < -0.4 is 0 Å². The van der Waals surface area contributed by atoms with E-state index in [9.17, 15) is 10.1 Å². The normalized spacial score (nSPS) is 14.5. The van der Waals surface area contributed by atoms with Crippen molar-refractivity contribution in [2.45, 2.75) is 45.6 Å². The highest BCUT2D eigenvalue weighted by atomic mass is 16.6. The van der Waals surface area contributed by atoms with Gasteiger partial charge < -0.3 is 4.98 Å². The predicted octanol–water partition coefficient (Wildman–Crippen LogP) is 4.03. The summed E-state index contributed by atoms with van der Waals surface area (Å²) in [5.74, 6) is -0.0313. The summed E-state index contributed by atoms with van der Waals surface area (Å²) >= 11 is 0. The molecule has 0 aliphatic carbocycles. The van der Waals surface area contributed by atoms with Crippen LogP contribution in [0, 0.1) is 17.0 Å². The van der Waals surface area contributed by atoms with Gasteiger partial charge in [0.05, 0.1) is 5.92 Å². The minimum absolute atomic E-state index is 0.0313. The number of aromatic nitrogens is 1. The average molecular weight is 260 g/mol. The number of aryl methyl sites for hydroxylation is 1. The van der Waals surface area contributed by atoms with Gasteiger partial charge in [-0.2, -0.15) is 0 Å². The third-order valence-electron chi connectivity index (χ3n) is 3.83. The number of rotatable bonds is 5. The molecule has 2 atom stereocenters. The number of aromatic amines is 1. The molecule has 0 bridgehead atoms. The molecule has 0 amide bonds. The first kappa shape index (κ1) is 13.6. The first-order valence-electron chi connectivity index (χ1n) is 6.77. The maximum absolute atomic E-state index is 11.2. The third kappa shape index (κ3) is 2.48. The van der Waals surface area contributed by atoms with Gasteiger partial charge in [0.25, 0.3) is 0 Å². The maximum Gasteiger partial charge on any atom is 0.217 e. The molecule has 1 N–H and O–H groups in total. The number of hydrogen-bond acceptors (Lipinski definition) is 2. The molecule has 2 rings (SSSR count). The van der Waals surface area contributed by atoms with E-state index in [0.717, 1.165) is 35.0 Å². The fraction of sp³-hybridized carbons (Fsp3) is 0.467. The average Bonchev–Trinajstić information content (AvgIpc) is 2.71. The minimum atomic E-state index is -0.558. The second kappa shape index (κ2) is 5.43. The number of benzene rings is 1. The van der Waals surface area contributed by atoms with E-state index in [2.05, 4.69) is 11.9 Å². The van der Waals surface area contributed by atoms with Crippen molar-refractivity contribution >= 4 is 10.9 Å². The SMILES string of the molecule is CCCC(c1c(C)[nH]c2ccccc12)C(C)[N+](=O)[O-]. The van der Waals surface area contributed by atoms with Crippen molar-refractivity contribution < 1.29 is 4.92 Å². The van der Waals surface area contributed by atoms with Crippen LogP contribution in [-0.4, -0.2) is 15.9 Å². The Morgan fingerprint density at radius 3 is 2.68 bits per heavy atom. The Bertz CT molecular complexity index is 589. The summed E-state index contributed by atoms with van der Waals surface area (Å²) in [6.45, 7) is 5.79. The second-order valence-corrected chi connectivity index (χ2v) is 5.13. The molecular formula is C15H20N2O2. The topological polar surface area (TPSA) is 58.9 Å². The highest BCUT2D eigenvalue weighted by Gasteiger charge is 2.30. The van der Waals surface area contributed by atoms with E-state index in [1.54, 1.807) is 6.92 Å². The molecule has 0 spiro atoms. The number of para-hydroxylation sites is 1. The Balaban J connectivity index is 2.55. The largest absolute Gasteiger partial charge is 0.358 e. The first-order chi connectivity index (χ1) is 9.06. The summed E-state index contributed by atoms with van der Waals surface area (Å²) in [7, 11) is 0. The molecule has 1 aromatic carbocycles. The molecule has 1 aromatic heterocycles. The standard InChI is InChI=1S/C15H20N2O2/c1-4-7-12(11(3)17(18)19)15-10(2)16-14-9-6-5-8-13(14)15/h5-6,8-9,11-12,16H,4,7H2,1-3H3. The quantitative estimate of drug-likeness (QED) is 0.652. The molecule has 0 aliphatic heterocycles. The zero-order valence-electron chi connectivity index (χ0n) is 11.6. The molecule has 0 saturated heterocycles. The molecule has 2 aromatic rings. The van der Waals surface area contributed by atoms with E-state index in [4.69, 9.17) is 0 Å². The Morgan fingerprint density at radius 2 is 2.05 bits per heavy atom. The van der Waals surface area contributed by atoms with E-state index < -0.39 is 6.04 Å². The van der Waals surface area contributed by atoms with Gasteiger partial charge in [-0.25, -0.2) is 0 Å². The number of nitrogens with one attached hydrogen (secondary N) is 1. The Hall–Kier alpha value is -1.84. The summed E-state index contributed by atoms with van der Waals surface area (Å²) < 4.78 is 0. The lowest BCUT2D eigenvalue weighted by Crippen LogP contribution is -2.24. The van der Waals surface area contributed by atoms with Gasteiger partial charge in [-0.15, -0.1) is 0 Å². The number of H-pyrrole nitrogens is 1.